The van der Waals surface area contributed by atoms with E-state index in [0.29, 0.717) is 24.3 Å². The van der Waals surface area contributed by atoms with Crippen LogP contribution in [0.25, 0.3) is 0 Å². The Bertz CT molecular complexity index is 444. The van der Waals surface area contributed by atoms with E-state index in [9.17, 15) is 4.79 Å². The molecule has 20 heavy (non-hydrogen) atoms. The van der Waals surface area contributed by atoms with E-state index in [4.69, 9.17) is 0 Å². The van der Waals surface area contributed by atoms with E-state index in [1.807, 2.05) is 31.2 Å². The highest BCUT2D eigenvalue weighted by Gasteiger charge is 2.24. The first-order valence-electron chi connectivity index (χ1n) is 7.94. The van der Waals surface area contributed by atoms with Crippen molar-refractivity contribution in [3.05, 3.63) is 35.4 Å². The molecule has 0 amide bonds. The van der Waals surface area contributed by atoms with Crippen LogP contribution in [0, 0.1) is 6.92 Å². The number of likely N-dealkylation sites (tertiary alicyclic amines) is 1. The molecule has 0 radical (unpaired) electrons. The van der Waals surface area contributed by atoms with E-state index in [2.05, 4.69) is 18.7 Å². The molecule has 0 bridgehead atoms. The van der Waals surface area contributed by atoms with Gasteiger partial charge in [0.05, 0.1) is 0 Å². The quantitative estimate of drug-likeness (QED) is 0.749. The molecule has 1 aliphatic rings. The highest BCUT2D eigenvalue weighted by Crippen LogP contribution is 2.23. The van der Waals surface area contributed by atoms with Crippen LogP contribution in [0.2, 0.25) is 0 Å². The Morgan fingerprint density at radius 2 is 1.85 bits per heavy atom. The zero-order valence-electron chi connectivity index (χ0n) is 13.1. The number of Topliss-reactive ketones (excluding diaryl/α,β-unsaturated/α-hetero) is 1. The summed E-state index contributed by atoms with van der Waals surface area (Å²) in [5.74, 6) is 0.292. The van der Waals surface area contributed by atoms with Crippen LogP contribution in [0.5, 0.6) is 0 Å². The van der Waals surface area contributed by atoms with Crippen LogP contribution in [0.3, 0.4) is 0 Å². The van der Waals surface area contributed by atoms with E-state index in [1.54, 1.807) is 0 Å². The van der Waals surface area contributed by atoms with E-state index in [1.165, 1.54) is 19.3 Å². The summed E-state index contributed by atoms with van der Waals surface area (Å²) < 4.78 is 0. The minimum atomic E-state index is 0.292. The van der Waals surface area contributed by atoms with Crippen LogP contribution < -0.4 is 0 Å². The van der Waals surface area contributed by atoms with Gasteiger partial charge in [-0.1, -0.05) is 30.7 Å². The second-order valence-corrected chi connectivity index (χ2v) is 6.21. The summed E-state index contributed by atoms with van der Waals surface area (Å²) in [6.07, 6.45) is 5.59. The molecule has 0 aliphatic carbocycles. The van der Waals surface area contributed by atoms with Gasteiger partial charge in [0.25, 0.3) is 0 Å². The normalized spacial score (nSPS) is 23.8. The first-order valence-corrected chi connectivity index (χ1v) is 7.94. The van der Waals surface area contributed by atoms with E-state index < -0.39 is 0 Å². The number of ketones is 1. The predicted molar refractivity (Wildman–Crippen MR) is 84.2 cm³/mol. The van der Waals surface area contributed by atoms with Crippen molar-refractivity contribution in [2.75, 3.05) is 6.54 Å². The Hall–Kier alpha value is -1.15. The third-order valence-corrected chi connectivity index (χ3v) is 4.64. The monoisotopic (exact) mass is 273 g/mol. The standard InChI is InChI=1S/C18H27NO/c1-14-8-4-5-11-17(14)18(20)12-7-13-19-15(2)9-6-10-16(19)3/h4-5,8,11,15-16H,6-7,9-10,12-13H2,1-3H3/t15-,16-/m0/s1. The van der Waals surface area contributed by atoms with Gasteiger partial charge in [0, 0.05) is 24.1 Å². The molecule has 0 spiro atoms. The van der Waals surface area contributed by atoms with Crippen molar-refractivity contribution < 1.29 is 4.79 Å². The lowest BCUT2D eigenvalue weighted by Gasteiger charge is -2.39. The average Bonchev–Trinajstić information content (AvgIpc) is 2.42. The van der Waals surface area contributed by atoms with Crippen molar-refractivity contribution in [2.24, 2.45) is 0 Å². The molecule has 0 unspecified atom stereocenters. The topological polar surface area (TPSA) is 20.3 Å². The van der Waals surface area contributed by atoms with Crippen molar-refractivity contribution in [2.45, 2.75) is 65.0 Å². The molecular formula is C18H27NO. The van der Waals surface area contributed by atoms with Gasteiger partial charge in [-0.05, 0) is 52.1 Å². The van der Waals surface area contributed by atoms with Crippen LogP contribution in [0.1, 0.15) is 61.9 Å². The molecule has 2 heteroatoms. The second kappa shape index (κ2) is 7.03. The number of carbonyl (C=O) groups excluding carboxylic acids is 1. The van der Waals surface area contributed by atoms with Gasteiger partial charge in [-0.3, -0.25) is 9.69 Å². The first-order chi connectivity index (χ1) is 9.59. The number of benzene rings is 1. The summed E-state index contributed by atoms with van der Waals surface area (Å²) in [5, 5.41) is 0. The lowest BCUT2D eigenvalue weighted by atomic mass is 9.96. The van der Waals surface area contributed by atoms with E-state index in [-0.39, 0.29) is 0 Å². The second-order valence-electron chi connectivity index (χ2n) is 6.21. The van der Waals surface area contributed by atoms with Gasteiger partial charge in [0.1, 0.15) is 0 Å². The van der Waals surface area contributed by atoms with Crippen molar-refractivity contribution >= 4 is 5.78 Å². The van der Waals surface area contributed by atoms with Gasteiger partial charge in [-0.25, -0.2) is 0 Å². The molecule has 0 N–H and O–H groups in total. The summed E-state index contributed by atoms with van der Waals surface area (Å²) in [4.78, 5) is 14.8. The highest BCUT2D eigenvalue weighted by molar-refractivity contribution is 5.97. The number of nitrogens with zero attached hydrogens (tertiary/aromatic N) is 1. The molecular weight excluding hydrogens is 246 g/mol. The molecule has 1 aromatic rings. The zero-order chi connectivity index (χ0) is 14.5. The van der Waals surface area contributed by atoms with Gasteiger partial charge in [0.15, 0.2) is 5.78 Å². The number of aryl methyl sites for hydroxylation is 1. The molecule has 2 nitrogen and oxygen atoms in total. The molecule has 2 rings (SSSR count). The van der Waals surface area contributed by atoms with Crippen molar-refractivity contribution in [3.8, 4) is 0 Å². The van der Waals surface area contributed by atoms with Crippen LogP contribution >= 0.6 is 0 Å². The third kappa shape index (κ3) is 3.69. The number of piperidine rings is 1. The molecule has 1 heterocycles. The van der Waals surface area contributed by atoms with Gasteiger partial charge >= 0.3 is 0 Å². The maximum absolute atomic E-state index is 12.3. The summed E-state index contributed by atoms with van der Waals surface area (Å²) in [7, 11) is 0. The van der Waals surface area contributed by atoms with E-state index >= 15 is 0 Å². The Morgan fingerprint density at radius 1 is 1.20 bits per heavy atom. The lowest BCUT2D eigenvalue weighted by molar-refractivity contribution is 0.0900. The Balaban J connectivity index is 1.84. The van der Waals surface area contributed by atoms with Crippen LogP contribution in [-0.4, -0.2) is 29.3 Å². The summed E-state index contributed by atoms with van der Waals surface area (Å²) in [6.45, 7) is 7.71. The average molecular weight is 273 g/mol. The third-order valence-electron chi connectivity index (χ3n) is 4.64. The molecule has 1 fully saturated rings. The SMILES string of the molecule is Cc1ccccc1C(=O)CCCN1[C@@H](C)CCC[C@@H]1C. The first kappa shape index (κ1) is 15.2. The Morgan fingerprint density at radius 3 is 2.50 bits per heavy atom. The van der Waals surface area contributed by atoms with Gasteiger partial charge in [-0.15, -0.1) is 0 Å². The molecule has 0 saturated carbocycles. The largest absolute Gasteiger partial charge is 0.298 e. The van der Waals surface area contributed by atoms with Gasteiger partial charge in [-0.2, -0.15) is 0 Å². The van der Waals surface area contributed by atoms with Crippen molar-refractivity contribution in [1.82, 2.24) is 4.90 Å². The molecule has 0 aromatic heterocycles. The fourth-order valence-electron chi connectivity index (χ4n) is 3.36. The van der Waals surface area contributed by atoms with Crippen LogP contribution in [0.4, 0.5) is 0 Å². The minimum absolute atomic E-state index is 0.292. The predicted octanol–water partition coefficient (Wildman–Crippen LogP) is 4.22. The smallest absolute Gasteiger partial charge is 0.163 e. The van der Waals surface area contributed by atoms with Gasteiger partial charge < -0.3 is 0 Å². The van der Waals surface area contributed by atoms with Crippen molar-refractivity contribution in [1.29, 1.82) is 0 Å². The highest BCUT2D eigenvalue weighted by atomic mass is 16.1. The summed E-state index contributed by atoms with van der Waals surface area (Å²) in [6, 6.07) is 9.25. The van der Waals surface area contributed by atoms with Crippen LogP contribution in [-0.2, 0) is 0 Å². The van der Waals surface area contributed by atoms with Crippen LogP contribution in [0.15, 0.2) is 24.3 Å². The number of rotatable bonds is 5. The summed E-state index contributed by atoms with van der Waals surface area (Å²) in [5.41, 5.74) is 1.99. The molecule has 1 saturated heterocycles. The summed E-state index contributed by atoms with van der Waals surface area (Å²) >= 11 is 0. The fourth-order valence-corrected chi connectivity index (χ4v) is 3.36. The van der Waals surface area contributed by atoms with Gasteiger partial charge in [0.2, 0.25) is 0 Å². The zero-order valence-corrected chi connectivity index (χ0v) is 13.1. The number of hydrogen-bond donors (Lipinski definition) is 0. The molecule has 1 aromatic carbocycles. The molecule has 1 aliphatic heterocycles. The maximum Gasteiger partial charge on any atom is 0.163 e. The fraction of sp³-hybridized carbons (Fsp3) is 0.611. The lowest BCUT2D eigenvalue weighted by Crippen LogP contribution is -2.44. The Labute approximate surface area is 123 Å². The molecule has 110 valence electrons. The molecule has 2 atom stereocenters. The Kier molecular flexibility index (Phi) is 5.36. The number of hydrogen-bond acceptors (Lipinski definition) is 2. The van der Waals surface area contributed by atoms with E-state index in [0.717, 1.165) is 24.1 Å². The minimum Gasteiger partial charge on any atom is -0.298 e. The van der Waals surface area contributed by atoms with Crippen molar-refractivity contribution in [3.63, 3.8) is 0 Å². The maximum atomic E-state index is 12.3. The number of carbonyl (C=O) groups is 1.